The van der Waals surface area contributed by atoms with Crippen LogP contribution in [0.1, 0.15) is 66.2 Å². The Kier molecular flexibility index (Phi) is 11.0. The van der Waals surface area contributed by atoms with Crippen LogP contribution < -0.4 is 5.32 Å². The van der Waals surface area contributed by atoms with Crippen LogP contribution in [0.15, 0.2) is 216 Å². The topological polar surface area (TPSA) is 36.8 Å². The first-order valence-corrected chi connectivity index (χ1v) is 19.7. The van der Waals surface area contributed by atoms with Gasteiger partial charge in [0.05, 0.1) is 0 Å². The first-order chi connectivity index (χ1) is 27.8. The molecule has 1 atom stereocenters. The van der Waals surface area contributed by atoms with E-state index in [4.69, 9.17) is 9.98 Å². The lowest BCUT2D eigenvalue weighted by atomic mass is 9.84. The van der Waals surface area contributed by atoms with Gasteiger partial charge in [0.2, 0.25) is 0 Å². The summed E-state index contributed by atoms with van der Waals surface area (Å²) in [6.07, 6.45) is 8.32. The second kappa shape index (κ2) is 17.1. The van der Waals surface area contributed by atoms with Crippen molar-refractivity contribution in [2.45, 2.75) is 32.9 Å². The highest BCUT2D eigenvalue weighted by atomic mass is 15.2. The van der Waals surface area contributed by atoms with Gasteiger partial charge in [-0.15, -0.1) is 0 Å². The Bertz CT molecular complexity index is 2560. The SMILES string of the molecule is C1=CC(C2=NC(c3ccc(-c4cccc(C(=C(c5ccccc5)c5ccccc5)c5ccccc5)c4)c4ccccc34)N=C(c3ccccc3)N2)=CCC1.CC. The molecule has 56 heavy (non-hydrogen) atoms. The van der Waals surface area contributed by atoms with Crippen LogP contribution >= 0.6 is 0 Å². The zero-order valence-electron chi connectivity index (χ0n) is 31.9. The molecule has 1 aliphatic heterocycles. The standard InChI is InChI=1S/C51H39N3.C2H6/c1-6-19-36(20-7-1)47(37-21-8-2-9-22-37)48(38-23-10-3-11-24-38)42-30-18-29-41(35-42)43-33-34-46(45-32-17-16-31-44(43)45)51-53-49(39-25-12-4-13-26-39)52-50(54-51)40-27-14-5-15-28-40;1-2/h1-4,6-14,16-35,51H,5,15H2,(H,52,53,54);1-2H3. The van der Waals surface area contributed by atoms with E-state index in [1.807, 2.05) is 19.9 Å². The molecule has 0 bridgehead atoms. The lowest BCUT2D eigenvalue weighted by Crippen LogP contribution is -2.36. The second-order valence-electron chi connectivity index (χ2n) is 13.6. The smallest absolute Gasteiger partial charge is 0.170 e. The van der Waals surface area contributed by atoms with E-state index in [2.05, 4.69) is 199 Å². The summed E-state index contributed by atoms with van der Waals surface area (Å²) in [5.74, 6) is 1.69. The van der Waals surface area contributed by atoms with Crippen molar-refractivity contribution in [1.29, 1.82) is 0 Å². The molecule has 1 N–H and O–H groups in total. The number of nitrogens with one attached hydrogen (secondary N) is 1. The van der Waals surface area contributed by atoms with Crippen LogP contribution in [-0.2, 0) is 0 Å². The van der Waals surface area contributed by atoms with Crippen molar-refractivity contribution in [3.05, 3.63) is 239 Å². The molecule has 272 valence electrons. The first kappa shape index (κ1) is 36.2. The zero-order chi connectivity index (χ0) is 38.1. The fourth-order valence-corrected chi connectivity index (χ4v) is 7.63. The van der Waals surface area contributed by atoms with Crippen LogP contribution in [0.2, 0.25) is 0 Å². The molecule has 1 heterocycles. The van der Waals surface area contributed by atoms with E-state index >= 15 is 0 Å². The van der Waals surface area contributed by atoms with Gasteiger partial charge in [0.15, 0.2) is 6.17 Å². The molecule has 7 aromatic carbocycles. The quantitative estimate of drug-likeness (QED) is 0.156. The molecule has 0 amide bonds. The van der Waals surface area contributed by atoms with Gasteiger partial charge in [-0.3, -0.25) is 0 Å². The van der Waals surface area contributed by atoms with Crippen molar-refractivity contribution in [3.63, 3.8) is 0 Å². The molecule has 0 saturated heterocycles. The molecule has 0 fully saturated rings. The van der Waals surface area contributed by atoms with Crippen molar-refractivity contribution in [3.8, 4) is 11.1 Å². The predicted octanol–water partition coefficient (Wildman–Crippen LogP) is 13.3. The number of allylic oxidation sites excluding steroid dienone is 2. The third-order valence-corrected chi connectivity index (χ3v) is 10.2. The molecule has 0 saturated carbocycles. The Labute approximate surface area is 330 Å². The Morgan fingerprint density at radius 2 is 1.00 bits per heavy atom. The Hall–Kier alpha value is -6.84. The molecule has 0 aromatic heterocycles. The third kappa shape index (κ3) is 7.58. The van der Waals surface area contributed by atoms with E-state index in [1.165, 1.54) is 38.8 Å². The summed E-state index contributed by atoms with van der Waals surface area (Å²) in [4.78, 5) is 10.5. The highest BCUT2D eigenvalue weighted by Crippen LogP contribution is 2.40. The van der Waals surface area contributed by atoms with Gasteiger partial charge in [0.1, 0.15) is 11.7 Å². The van der Waals surface area contributed by atoms with Crippen molar-refractivity contribution in [2.24, 2.45) is 9.98 Å². The average Bonchev–Trinajstić information content (AvgIpc) is 3.30. The van der Waals surface area contributed by atoms with Crippen LogP contribution in [0, 0.1) is 0 Å². The molecule has 0 radical (unpaired) electrons. The number of hydrogen-bond acceptors (Lipinski definition) is 3. The Morgan fingerprint density at radius 1 is 0.482 bits per heavy atom. The molecule has 0 spiro atoms. The van der Waals surface area contributed by atoms with Crippen LogP contribution in [0.5, 0.6) is 0 Å². The molecule has 7 aromatic rings. The molecule has 1 aliphatic carbocycles. The molecule has 3 heteroatoms. The minimum Gasteiger partial charge on any atom is -0.324 e. The lowest BCUT2D eigenvalue weighted by Gasteiger charge is -2.24. The summed E-state index contributed by atoms with van der Waals surface area (Å²) in [6, 6.07) is 64.8. The minimum absolute atomic E-state index is 0.398. The molecule has 9 rings (SSSR count). The van der Waals surface area contributed by atoms with Gasteiger partial charge in [-0.2, -0.15) is 0 Å². The van der Waals surface area contributed by atoms with Crippen LogP contribution in [-0.4, -0.2) is 11.7 Å². The summed E-state index contributed by atoms with van der Waals surface area (Å²) < 4.78 is 0. The molecule has 3 nitrogen and oxygen atoms in total. The maximum absolute atomic E-state index is 5.24. The predicted molar refractivity (Wildman–Crippen MR) is 238 cm³/mol. The molecule has 2 aliphatic rings. The Balaban J connectivity index is 0.00000217. The van der Waals surface area contributed by atoms with E-state index in [9.17, 15) is 0 Å². The first-order valence-electron chi connectivity index (χ1n) is 19.7. The average molecular weight is 724 g/mol. The van der Waals surface area contributed by atoms with E-state index < -0.39 is 6.17 Å². The van der Waals surface area contributed by atoms with Gasteiger partial charge in [0, 0.05) is 16.7 Å². The third-order valence-electron chi connectivity index (χ3n) is 10.2. The minimum atomic E-state index is -0.398. The van der Waals surface area contributed by atoms with Gasteiger partial charge in [0.25, 0.3) is 0 Å². The number of rotatable bonds is 8. The molecular formula is C53H45N3. The summed E-state index contributed by atoms with van der Waals surface area (Å²) in [6.45, 7) is 4.00. The summed E-state index contributed by atoms with van der Waals surface area (Å²) in [5.41, 5.74) is 12.7. The largest absolute Gasteiger partial charge is 0.324 e. The maximum atomic E-state index is 5.24. The number of nitrogens with zero attached hydrogens (tertiary/aromatic N) is 2. The van der Waals surface area contributed by atoms with E-state index in [0.717, 1.165) is 57.7 Å². The summed E-state index contributed by atoms with van der Waals surface area (Å²) in [5, 5.41) is 5.88. The molecular weight excluding hydrogens is 679 g/mol. The van der Waals surface area contributed by atoms with Gasteiger partial charge in [-0.25, -0.2) is 9.98 Å². The van der Waals surface area contributed by atoms with Gasteiger partial charge < -0.3 is 5.32 Å². The fraction of sp³-hybridized carbons (Fsp3) is 0.0943. The highest BCUT2D eigenvalue weighted by molar-refractivity contribution is 6.17. The van der Waals surface area contributed by atoms with Crippen molar-refractivity contribution >= 4 is 33.6 Å². The highest BCUT2D eigenvalue weighted by Gasteiger charge is 2.24. The number of amidine groups is 2. The van der Waals surface area contributed by atoms with E-state index in [1.54, 1.807) is 0 Å². The number of fused-ring (bicyclic) bond motifs is 1. The summed E-state index contributed by atoms with van der Waals surface area (Å²) >= 11 is 0. The van der Waals surface area contributed by atoms with Gasteiger partial charge in [-0.05, 0) is 74.2 Å². The number of benzene rings is 7. The van der Waals surface area contributed by atoms with Crippen LogP contribution in [0.25, 0.3) is 33.0 Å². The number of hydrogen-bond donors (Lipinski definition) is 1. The normalized spacial score (nSPS) is 14.7. The van der Waals surface area contributed by atoms with E-state index in [0.29, 0.717) is 0 Å². The maximum Gasteiger partial charge on any atom is 0.170 e. The molecule has 1 unspecified atom stereocenters. The van der Waals surface area contributed by atoms with Crippen molar-refractivity contribution < 1.29 is 0 Å². The van der Waals surface area contributed by atoms with Gasteiger partial charge >= 0.3 is 0 Å². The van der Waals surface area contributed by atoms with Crippen LogP contribution in [0.4, 0.5) is 0 Å². The summed E-state index contributed by atoms with van der Waals surface area (Å²) in [7, 11) is 0. The monoisotopic (exact) mass is 723 g/mol. The van der Waals surface area contributed by atoms with Crippen molar-refractivity contribution in [1.82, 2.24) is 5.32 Å². The van der Waals surface area contributed by atoms with Gasteiger partial charge in [-0.1, -0.05) is 208 Å². The Morgan fingerprint density at radius 3 is 1.61 bits per heavy atom. The van der Waals surface area contributed by atoms with E-state index in [-0.39, 0.29) is 0 Å². The zero-order valence-corrected chi connectivity index (χ0v) is 31.9. The second-order valence-corrected chi connectivity index (χ2v) is 13.6. The lowest BCUT2D eigenvalue weighted by molar-refractivity contribution is 0.762. The fourth-order valence-electron chi connectivity index (χ4n) is 7.63. The number of aliphatic imine (C=N–C) groups is 2. The van der Waals surface area contributed by atoms with Crippen molar-refractivity contribution in [2.75, 3.05) is 0 Å². The van der Waals surface area contributed by atoms with Crippen LogP contribution in [0.3, 0.4) is 0 Å².